The van der Waals surface area contributed by atoms with Gasteiger partial charge in [0.05, 0.1) is 12.2 Å². The van der Waals surface area contributed by atoms with Crippen LogP contribution in [0.25, 0.3) is 0 Å². The van der Waals surface area contributed by atoms with Crippen LogP contribution in [0.2, 0.25) is 0 Å². The summed E-state index contributed by atoms with van der Waals surface area (Å²) in [6, 6.07) is 6.29. The van der Waals surface area contributed by atoms with Gasteiger partial charge >= 0.3 is 0 Å². The second-order valence-corrected chi connectivity index (χ2v) is 2.32. The van der Waals surface area contributed by atoms with Crippen LogP contribution in [0.5, 0.6) is 0 Å². The van der Waals surface area contributed by atoms with E-state index in [1.54, 1.807) is 18.2 Å². The van der Waals surface area contributed by atoms with Crippen molar-refractivity contribution in [1.29, 1.82) is 5.26 Å². The van der Waals surface area contributed by atoms with Gasteiger partial charge in [-0.3, -0.25) is 0 Å². The van der Waals surface area contributed by atoms with Gasteiger partial charge in [-0.25, -0.2) is 4.39 Å². The number of halogens is 1. The molecule has 0 aliphatic carbocycles. The second-order valence-electron chi connectivity index (χ2n) is 2.32. The lowest BCUT2D eigenvalue weighted by atomic mass is 10.1. The molecule has 0 saturated heterocycles. The maximum Gasteiger partial charge on any atom is 0.141 e. The van der Waals surface area contributed by atoms with Gasteiger partial charge in [-0.1, -0.05) is 12.1 Å². The number of benzene rings is 1. The fourth-order valence-electron chi connectivity index (χ4n) is 0.970. The summed E-state index contributed by atoms with van der Waals surface area (Å²) < 4.78 is 17.7. The molecule has 0 amide bonds. The maximum atomic E-state index is 12.9. The quantitative estimate of drug-likeness (QED) is 0.669. The first kappa shape index (κ1) is 8.69. The fourth-order valence-corrected chi connectivity index (χ4v) is 0.970. The average molecular weight is 165 g/mol. The third-order valence-corrected chi connectivity index (χ3v) is 1.51. The third-order valence-electron chi connectivity index (χ3n) is 1.51. The molecule has 1 aromatic rings. The van der Waals surface area contributed by atoms with E-state index in [0.29, 0.717) is 5.56 Å². The van der Waals surface area contributed by atoms with Crippen molar-refractivity contribution in [3.8, 4) is 6.07 Å². The van der Waals surface area contributed by atoms with Crippen LogP contribution >= 0.6 is 0 Å². The second kappa shape index (κ2) is 3.84. The first-order valence-corrected chi connectivity index (χ1v) is 3.46. The first-order valence-electron chi connectivity index (χ1n) is 3.46. The van der Waals surface area contributed by atoms with Crippen molar-refractivity contribution in [1.82, 2.24) is 0 Å². The molecule has 62 valence electrons. The predicted molar refractivity (Wildman–Crippen MR) is 41.8 cm³/mol. The summed E-state index contributed by atoms with van der Waals surface area (Å²) in [5.74, 6) is -0.493. The van der Waals surface area contributed by atoms with E-state index in [1.807, 2.05) is 0 Å². The number of nitrogens with zero attached hydrogens (tertiary/aromatic N) is 1. The summed E-state index contributed by atoms with van der Waals surface area (Å²) in [7, 11) is 1.51. The lowest BCUT2D eigenvalue weighted by Gasteiger charge is -2.01. The Bertz CT molecular complexity index is 317. The van der Waals surface area contributed by atoms with E-state index in [0.717, 1.165) is 0 Å². The van der Waals surface area contributed by atoms with Crippen LogP contribution < -0.4 is 0 Å². The normalized spacial score (nSPS) is 9.42. The SMILES string of the molecule is COCc1cccc(F)c1C#N. The Morgan fingerprint density at radius 2 is 2.33 bits per heavy atom. The first-order chi connectivity index (χ1) is 5.79. The van der Waals surface area contributed by atoms with Crippen molar-refractivity contribution in [3.05, 3.63) is 35.1 Å². The molecule has 0 N–H and O–H groups in total. The Morgan fingerprint density at radius 1 is 1.58 bits per heavy atom. The zero-order chi connectivity index (χ0) is 8.97. The van der Waals surface area contributed by atoms with Crippen LogP contribution in [0.15, 0.2) is 18.2 Å². The molecule has 0 aliphatic heterocycles. The number of nitriles is 1. The molecule has 0 fully saturated rings. The number of methoxy groups -OCH3 is 1. The number of ether oxygens (including phenoxy) is 1. The third kappa shape index (κ3) is 1.60. The van der Waals surface area contributed by atoms with Crippen LogP contribution in [0.3, 0.4) is 0 Å². The number of hydrogen-bond acceptors (Lipinski definition) is 2. The van der Waals surface area contributed by atoms with Gasteiger partial charge in [0.2, 0.25) is 0 Å². The molecule has 12 heavy (non-hydrogen) atoms. The molecule has 0 spiro atoms. The van der Waals surface area contributed by atoms with Gasteiger partial charge < -0.3 is 4.74 Å². The van der Waals surface area contributed by atoms with E-state index in [1.165, 1.54) is 13.2 Å². The van der Waals surface area contributed by atoms with Gasteiger partial charge in [-0.05, 0) is 11.6 Å². The fraction of sp³-hybridized carbons (Fsp3) is 0.222. The standard InChI is InChI=1S/C9H8FNO/c1-12-6-7-3-2-4-9(10)8(7)5-11/h2-4H,6H2,1H3. The van der Waals surface area contributed by atoms with Gasteiger partial charge in [0, 0.05) is 7.11 Å². The summed E-state index contributed by atoms with van der Waals surface area (Å²) in [5.41, 5.74) is 0.652. The summed E-state index contributed by atoms with van der Waals surface area (Å²) in [6.07, 6.45) is 0. The zero-order valence-corrected chi connectivity index (χ0v) is 6.67. The van der Waals surface area contributed by atoms with Gasteiger partial charge in [0.25, 0.3) is 0 Å². The van der Waals surface area contributed by atoms with Crippen LogP contribution in [0, 0.1) is 17.1 Å². The van der Waals surface area contributed by atoms with E-state index in [-0.39, 0.29) is 12.2 Å². The molecular weight excluding hydrogens is 157 g/mol. The Kier molecular flexibility index (Phi) is 2.78. The predicted octanol–water partition coefficient (Wildman–Crippen LogP) is 1.84. The molecule has 0 saturated carbocycles. The van der Waals surface area contributed by atoms with E-state index in [9.17, 15) is 4.39 Å². The highest BCUT2D eigenvalue weighted by Gasteiger charge is 2.05. The lowest BCUT2D eigenvalue weighted by Crippen LogP contribution is -1.94. The van der Waals surface area contributed by atoms with Crippen molar-refractivity contribution in [2.75, 3.05) is 7.11 Å². The highest BCUT2D eigenvalue weighted by Crippen LogP contribution is 2.12. The number of rotatable bonds is 2. The molecule has 2 nitrogen and oxygen atoms in total. The Labute approximate surface area is 70.2 Å². The van der Waals surface area contributed by atoms with Crippen molar-refractivity contribution < 1.29 is 9.13 Å². The molecule has 0 atom stereocenters. The molecular formula is C9H8FNO. The molecule has 0 aliphatic rings. The van der Waals surface area contributed by atoms with E-state index >= 15 is 0 Å². The molecule has 0 aromatic heterocycles. The lowest BCUT2D eigenvalue weighted by molar-refractivity contribution is 0.184. The van der Waals surface area contributed by atoms with Crippen molar-refractivity contribution in [2.45, 2.75) is 6.61 Å². The largest absolute Gasteiger partial charge is 0.380 e. The van der Waals surface area contributed by atoms with Crippen LogP contribution in [0.1, 0.15) is 11.1 Å². The van der Waals surface area contributed by atoms with Crippen molar-refractivity contribution in [3.63, 3.8) is 0 Å². The minimum Gasteiger partial charge on any atom is -0.380 e. The Balaban J connectivity index is 3.11. The van der Waals surface area contributed by atoms with E-state index < -0.39 is 5.82 Å². The zero-order valence-electron chi connectivity index (χ0n) is 6.67. The average Bonchev–Trinajstić information content (AvgIpc) is 2.05. The van der Waals surface area contributed by atoms with Crippen molar-refractivity contribution in [2.24, 2.45) is 0 Å². The van der Waals surface area contributed by atoms with Crippen molar-refractivity contribution >= 4 is 0 Å². The Hall–Kier alpha value is -1.40. The van der Waals surface area contributed by atoms with Gasteiger partial charge in [-0.15, -0.1) is 0 Å². The van der Waals surface area contributed by atoms with Crippen LogP contribution in [-0.4, -0.2) is 7.11 Å². The monoisotopic (exact) mass is 165 g/mol. The van der Waals surface area contributed by atoms with Crippen LogP contribution in [0.4, 0.5) is 4.39 Å². The van der Waals surface area contributed by atoms with Gasteiger partial charge in [0.1, 0.15) is 11.9 Å². The smallest absolute Gasteiger partial charge is 0.141 e. The van der Waals surface area contributed by atoms with E-state index in [4.69, 9.17) is 10.00 Å². The highest BCUT2D eigenvalue weighted by atomic mass is 19.1. The molecule has 3 heteroatoms. The summed E-state index contributed by atoms with van der Waals surface area (Å²) in [6.45, 7) is 0.265. The summed E-state index contributed by atoms with van der Waals surface area (Å²) in [5, 5.41) is 8.58. The molecule has 1 aromatic carbocycles. The minimum atomic E-state index is -0.493. The Morgan fingerprint density at radius 3 is 2.92 bits per heavy atom. The molecule has 0 radical (unpaired) electrons. The summed E-state index contributed by atoms with van der Waals surface area (Å²) in [4.78, 5) is 0. The summed E-state index contributed by atoms with van der Waals surface area (Å²) >= 11 is 0. The molecule has 1 rings (SSSR count). The molecule has 0 unspecified atom stereocenters. The van der Waals surface area contributed by atoms with E-state index in [2.05, 4.69) is 0 Å². The minimum absolute atomic E-state index is 0.0688. The topological polar surface area (TPSA) is 33.0 Å². The molecule has 0 heterocycles. The number of hydrogen-bond donors (Lipinski definition) is 0. The van der Waals surface area contributed by atoms with Gasteiger partial charge in [0.15, 0.2) is 0 Å². The molecule has 0 bridgehead atoms. The maximum absolute atomic E-state index is 12.9. The van der Waals surface area contributed by atoms with Crippen LogP contribution in [-0.2, 0) is 11.3 Å². The highest BCUT2D eigenvalue weighted by molar-refractivity contribution is 5.38. The van der Waals surface area contributed by atoms with Gasteiger partial charge in [-0.2, -0.15) is 5.26 Å².